The Morgan fingerprint density at radius 1 is 1.29 bits per heavy atom. The van der Waals surface area contributed by atoms with Crippen LogP contribution in [0.25, 0.3) is 0 Å². The normalized spacial score (nSPS) is 10.8. The summed E-state index contributed by atoms with van der Waals surface area (Å²) in [6.07, 6.45) is 5.15. The Kier molecular flexibility index (Phi) is 5.01. The maximum absolute atomic E-state index is 12.1. The first-order valence-electron chi connectivity index (χ1n) is 7.26. The summed E-state index contributed by atoms with van der Waals surface area (Å²) in [5.41, 5.74) is 2.45. The van der Waals surface area contributed by atoms with Gasteiger partial charge >= 0.3 is 0 Å². The standard InChI is InChI=1S/C16H15BrClN5O/c1-11-14(17)9-23(21-11)10-16(24)20-13-6-19-22(8-13)7-12-4-2-3-5-15(12)18/h2-6,8-9H,7,10H2,1H3,(H,20,24). The number of hydrogen-bond donors (Lipinski definition) is 1. The van der Waals surface area contributed by atoms with Crippen LogP contribution in [0.4, 0.5) is 5.69 Å². The third kappa shape index (κ3) is 4.04. The second-order valence-corrected chi connectivity index (χ2v) is 6.59. The lowest BCUT2D eigenvalue weighted by molar-refractivity contribution is -0.116. The number of nitrogens with zero attached hydrogens (tertiary/aromatic N) is 4. The number of aryl methyl sites for hydroxylation is 1. The number of nitrogens with one attached hydrogen (secondary N) is 1. The van der Waals surface area contributed by atoms with Crippen LogP contribution in [0.2, 0.25) is 5.02 Å². The molecule has 1 N–H and O–H groups in total. The molecule has 0 unspecified atom stereocenters. The number of carbonyl (C=O) groups excluding carboxylic acids is 1. The number of aromatic nitrogens is 4. The fourth-order valence-corrected chi connectivity index (χ4v) is 2.75. The van der Waals surface area contributed by atoms with Crippen LogP contribution in [-0.2, 0) is 17.9 Å². The lowest BCUT2D eigenvalue weighted by atomic mass is 10.2. The van der Waals surface area contributed by atoms with Crippen LogP contribution in [0.5, 0.6) is 0 Å². The summed E-state index contributed by atoms with van der Waals surface area (Å²) in [6.45, 7) is 2.56. The van der Waals surface area contributed by atoms with Gasteiger partial charge in [-0.15, -0.1) is 0 Å². The van der Waals surface area contributed by atoms with Gasteiger partial charge in [-0.1, -0.05) is 29.8 Å². The molecule has 0 saturated heterocycles. The molecule has 3 aromatic rings. The molecule has 1 aromatic carbocycles. The van der Waals surface area contributed by atoms with Gasteiger partial charge in [-0.3, -0.25) is 14.2 Å². The predicted octanol–water partition coefficient (Wildman–Crippen LogP) is 3.49. The van der Waals surface area contributed by atoms with Crippen molar-refractivity contribution in [1.82, 2.24) is 19.6 Å². The van der Waals surface area contributed by atoms with Gasteiger partial charge in [0.25, 0.3) is 0 Å². The zero-order valence-electron chi connectivity index (χ0n) is 12.9. The van der Waals surface area contributed by atoms with E-state index in [1.54, 1.807) is 28.0 Å². The fourth-order valence-electron chi connectivity index (χ4n) is 2.24. The van der Waals surface area contributed by atoms with Crippen molar-refractivity contribution in [3.05, 3.63) is 63.6 Å². The molecule has 8 heteroatoms. The average molecular weight is 409 g/mol. The molecule has 2 heterocycles. The van der Waals surface area contributed by atoms with Crippen LogP contribution in [0, 0.1) is 6.92 Å². The van der Waals surface area contributed by atoms with Crippen LogP contribution in [0.3, 0.4) is 0 Å². The van der Waals surface area contributed by atoms with Crippen molar-refractivity contribution in [2.45, 2.75) is 20.0 Å². The highest BCUT2D eigenvalue weighted by molar-refractivity contribution is 9.10. The first-order chi connectivity index (χ1) is 11.5. The molecule has 0 aliphatic heterocycles. The molecule has 0 spiro atoms. The smallest absolute Gasteiger partial charge is 0.246 e. The van der Waals surface area contributed by atoms with Crippen LogP contribution >= 0.6 is 27.5 Å². The van der Waals surface area contributed by atoms with Gasteiger partial charge in [-0.25, -0.2) is 0 Å². The first kappa shape index (κ1) is 16.7. The Morgan fingerprint density at radius 3 is 2.79 bits per heavy atom. The summed E-state index contributed by atoms with van der Waals surface area (Å²) in [4.78, 5) is 12.1. The minimum absolute atomic E-state index is 0.141. The molecule has 0 aliphatic carbocycles. The van der Waals surface area contributed by atoms with Crippen LogP contribution < -0.4 is 5.32 Å². The topological polar surface area (TPSA) is 64.7 Å². The SMILES string of the molecule is Cc1nn(CC(=O)Nc2cnn(Cc3ccccc3Cl)c2)cc1Br. The fraction of sp³-hybridized carbons (Fsp3) is 0.188. The highest BCUT2D eigenvalue weighted by Crippen LogP contribution is 2.17. The van der Waals surface area contributed by atoms with E-state index in [9.17, 15) is 4.79 Å². The summed E-state index contributed by atoms with van der Waals surface area (Å²) in [5.74, 6) is -0.165. The monoisotopic (exact) mass is 407 g/mol. The van der Waals surface area contributed by atoms with Gasteiger partial charge in [0.05, 0.1) is 28.6 Å². The average Bonchev–Trinajstić information content (AvgIpc) is 3.08. The molecular formula is C16H15BrClN5O. The summed E-state index contributed by atoms with van der Waals surface area (Å²) in [7, 11) is 0. The second-order valence-electron chi connectivity index (χ2n) is 5.33. The molecule has 0 aliphatic rings. The maximum Gasteiger partial charge on any atom is 0.246 e. The Balaban J connectivity index is 1.61. The molecule has 124 valence electrons. The highest BCUT2D eigenvalue weighted by atomic mass is 79.9. The summed E-state index contributed by atoms with van der Waals surface area (Å²) < 4.78 is 4.19. The van der Waals surface area contributed by atoms with Gasteiger partial charge in [-0.2, -0.15) is 10.2 Å². The molecule has 0 radical (unpaired) electrons. The third-order valence-electron chi connectivity index (χ3n) is 3.40. The van der Waals surface area contributed by atoms with E-state index in [1.807, 2.05) is 31.2 Å². The first-order valence-corrected chi connectivity index (χ1v) is 8.43. The van der Waals surface area contributed by atoms with Crippen LogP contribution in [-0.4, -0.2) is 25.5 Å². The molecule has 1 amide bonds. The Labute approximate surface area is 152 Å². The van der Waals surface area contributed by atoms with E-state index in [0.717, 1.165) is 15.7 Å². The number of rotatable bonds is 5. The lowest BCUT2D eigenvalue weighted by Gasteiger charge is -2.04. The zero-order chi connectivity index (χ0) is 17.1. The summed E-state index contributed by atoms with van der Waals surface area (Å²) in [6, 6.07) is 7.60. The number of carbonyl (C=O) groups is 1. The Bertz CT molecular complexity index is 853. The van der Waals surface area contributed by atoms with Crippen molar-refractivity contribution >= 4 is 39.1 Å². The van der Waals surface area contributed by atoms with Gasteiger partial charge < -0.3 is 5.32 Å². The number of benzene rings is 1. The van der Waals surface area contributed by atoms with Crippen LogP contribution in [0.1, 0.15) is 11.3 Å². The number of amides is 1. The largest absolute Gasteiger partial charge is 0.322 e. The molecule has 0 atom stereocenters. The Morgan fingerprint density at radius 2 is 2.08 bits per heavy atom. The van der Waals surface area contributed by atoms with Crippen molar-refractivity contribution in [3.63, 3.8) is 0 Å². The summed E-state index contributed by atoms with van der Waals surface area (Å²) >= 11 is 9.52. The van der Waals surface area contributed by atoms with Crippen molar-refractivity contribution in [1.29, 1.82) is 0 Å². The molecule has 0 bridgehead atoms. The molecule has 24 heavy (non-hydrogen) atoms. The minimum atomic E-state index is -0.165. The van der Waals surface area contributed by atoms with E-state index in [1.165, 1.54) is 0 Å². The van der Waals surface area contributed by atoms with Crippen molar-refractivity contribution in [2.24, 2.45) is 0 Å². The van der Waals surface area contributed by atoms with Gasteiger partial charge in [0.1, 0.15) is 6.54 Å². The summed E-state index contributed by atoms with van der Waals surface area (Å²) in [5, 5.41) is 12.0. The van der Waals surface area contributed by atoms with Gasteiger partial charge in [0, 0.05) is 17.4 Å². The van der Waals surface area contributed by atoms with Gasteiger partial charge in [-0.05, 0) is 34.5 Å². The van der Waals surface area contributed by atoms with Gasteiger partial charge in [0.15, 0.2) is 0 Å². The van der Waals surface area contributed by atoms with Gasteiger partial charge in [0.2, 0.25) is 5.91 Å². The predicted molar refractivity (Wildman–Crippen MR) is 96.1 cm³/mol. The van der Waals surface area contributed by atoms with E-state index in [-0.39, 0.29) is 12.5 Å². The Hall–Kier alpha value is -2.12. The van der Waals surface area contributed by atoms with Crippen molar-refractivity contribution < 1.29 is 4.79 Å². The minimum Gasteiger partial charge on any atom is -0.322 e. The molecule has 2 aromatic heterocycles. The maximum atomic E-state index is 12.1. The lowest BCUT2D eigenvalue weighted by Crippen LogP contribution is -2.18. The number of anilines is 1. The number of halogens is 2. The highest BCUT2D eigenvalue weighted by Gasteiger charge is 2.09. The molecular weight excluding hydrogens is 394 g/mol. The van der Waals surface area contributed by atoms with Crippen LogP contribution in [0.15, 0.2) is 47.3 Å². The quantitative estimate of drug-likeness (QED) is 0.703. The van der Waals surface area contributed by atoms with Crippen molar-refractivity contribution in [2.75, 3.05) is 5.32 Å². The van der Waals surface area contributed by atoms with E-state index >= 15 is 0 Å². The zero-order valence-corrected chi connectivity index (χ0v) is 15.3. The molecule has 0 saturated carbocycles. The third-order valence-corrected chi connectivity index (χ3v) is 4.55. The van der Waals surface area contributed by atoms with Crippen molar-refractivity contribution in [3.8, 4) is 0 Å². The van der Waals surface area contributed by atoms with E-state index < -0.39 is 0 Å². The number of hydrogen-bond acceptors (Lipinski definition) is 3. The van der Waals surface area contributed by atoms with E-state index in [0.29, 0.717) is 17.3 Å². The van der Waals surface area contributed by atoms with E-state index in [2.05, 4.69) is 31.4 Å². The molecule has 3 rings (SSSR count). The molecule has 6 nitrogen and oxygen atoms in total. The molecule has 0 fully saturated rings. The second kappa shape index (κ2) is 7.19. The van der Waals surface area contributed by atoms with E-state index in [4.69, 9.17) is 11.6 Å².